The van der Waals surface area contributed by atoms with E-state index in [0.29, 0.717) is 57.2 Å². The molecule has 5 rings (SSSR count). The fourth-order valence-corrected chi connectivity index (χ4v) is 4.74. The fourth-order valence-electron chi connectivity index (χ4n) is 4.74. The molecule has 2 aliphatic heterocycles. The Hall–Kier alpha value is -3.89. The van der Waals surface area contributed by atoms with Crippen molar-refractivity contribution in [1.82, 2.24) is 9.97 Å². The summed E-state index contributed by atoms with van der Waals surface area (Å²) in [4.78, 5) is 24.3. The number of halogens is 2. The molecule has 1 aromatic carbocycles. The van der Waals surface area contributed by atoms with Crippen LogP contribution < -0.4 is 15.0 Å². The zero-order chi connectivity index (χ0) is 28.1. The van der Waals surface area contributed by atoms with Crippen molar-refractivity contribution in [2.45, 2.75) is 31.8 Å². The van der Waals surface area contributed by atoms with Crippen molar-refractivity contribution in [3.63, 3.8) is 0 Å². The van der Waals surface area contributed by atoms with Gasteiger partial charge in [-0.1, -0.05) is 18.7 Å². The summed E-state index contributed by atoms with van der Waals surface area (Å²) in [6, 6.07) is 9.16. The molecule has 0 aliphatic carbocycles. The molecule has 0 bridgehead atoms. The molecule has 2 aromatic heterocycles. The van der Waals surface area contributed by atoms with Gasteiger partial charge in [-0.15, -0.1) is 0 Å². The third-order valence-corrected chi connectivity index (χ3v) is 7.05. The van der Waals surface area contributed by atoms with Crippen molar-refractivity contribution in [3.8, 4) is 17.0 Å². The van der Waals surface area contributed by atoms with E-state index in [-0.39, 0.29) is 17.2 Å². The minimum atomic E-state index is -3.24. The van der Waals surface area contributed by atoms with Crippen molar-refractivity contribution < 1.29 is 27.8 Å². The standard InChI is InChI=1S/C30H32F2N4O4/c1-3-30(31,32)23-6-4-5-21(15-23)28(37)35-24-17-26(20(2)33-19-24)22-16-27(36-9-13-39-14-10-36)29(34-18-22)40-25-7-11-38-12-8-25/h3-6,15-19,25H,1,7-14H2,2H3,(H,35,37). The summed E-state index contributed by atoms with van der Waals surface area (Å²) in [5.74, 6) is -3.18. The second kappa shape index (κ2) is 12.1. The number of nitrogens with zero attached hydrogens (tertiary/aromatic N) is 3. The Morgan fingerprint density at radius 2 is 1.85 bits per heavy atom. The molecule has 2 saturated heterocycles. The van der Waals surface area contributed by atoms with Gasteiger partial charge < -0.3 is 24.4 Å². The Bertz CT molecular complexity index is 1370. The summed E-state index contributed by atoms with van der Waals surface area (Å²) in [6.07, 6.45) is 5.50. The predicted molar refractivity (Wildman–Crippen MR) is 148 cm³/mol. The maximum absolute atomic E-state index is 14.1. The van der Waals surface area contributed by atoms with Gasteiger partial charge in [-0.05, 0) is 37.3 Å². The lowest BCUT2D eigenvalue weighted by molar-refractivity contribution is 0.0238. The number of benzene rings is 1. The molecule has 1 amide bonds. The van der Waals surface area contributed by atoms with Gasteiger partial charge in [-0.3, -0.25) is 9.78 Å². The number of allylic oxidation sites excluding steroid dienone is 1. The van der Waals surface area contributed by atoms with Gasteiger partial charge in [0, 0.05) is 60.1 Å². The van der Waals surface area contributed by atoms with Crippen LogP contribution in [0.3, 0.4) is 0 Å². The lowest BCUT2D eigenvalue weighted by Crippen LogP contribution is -2.37. The highest BCUT2D eigenvalue weighted by Gasteiger charge is 2.28. The summed E-state index contributed by atoms with van der Waals surface area (Å²) in [6.45, 7) is 9.05. The van der Waals surface area contributed by atoms with Gasteiger partial charge in [-0.2, -0.15) is 8.78 Å². The maximum Gasteiger partial charge on any atom is 0.291 e. The molecule has 0 saturated carbocycles. The number of alkyl halides is 2. The summed E-state index contributed by atoms with van der Waals surface area (Å²) in [5.41, 5.74) is 3.45. The smallest absolute Gasteiger partial charge is 0.291 e. The number of hydrogen-bond donors (Lipinski definition) is 1. The minimum Gasteiger partial charge on any atom is -0.473 e. The number of amides is 1. The van der Waals surface area contributed by atoms with Crippen LogP contribution in [0.4, 0.5) is 20.2 Å². The molecule has 3 aromatic rings. The molecule has 4 heterocycles. The third-order valence-electron chi connectivity index (χ3n) is 7.05. The number of pyridine rings is 2. The topological polar surface area (TPSA) is 85.8 Å². The number of aromatic nitrogens is 2. The van der Waals surface area contributed by atoms with Crippen molar-refractivity contribution in [1.29, 1.82) is 0 Å². The van der Waals surface area contributed by atoms with E-state index < -0.39 is 11.8 Å². The molecule has 10 heteroatoms. The first-order valence-electron chi connectivity index (χ1n) is 13.3. The first-order valence-corrected chi connectivity index (χ1v) is 13.3. The van der Waals surface area contributed by atoms with E-state index in [2.05, 4.69) is 21.8 Å². The molecule has 8 nitrogen and oxygen atoms in total. The van der Waals surface area contributed by atoms with Crippen molar-refractivity contribution in [2.75, 3.05) is 49.7 Å². The predicted octanol–water partition coefficient (Wildman–Crippen LogP) is 5.38. The van der Waals surface area contributed by atoms with Gasteiger partial charge in [0.25, 0.3) is 11.8 Å². The van der Waals surface area contributed by atoms with Crippen LogP contribution in [-0.2, 0) is 15.4 Å². The molecule has 2 aliphatic rings. The number of nitrogens with one attached hydrogen (secondary N) is 1. The molecule has 210 valence electrons. The number of aryl methyl sites for hydroxylation is 1. The van der Waals surface area contributed by atoms with Crippen LogP contribution >= 0.6 is 0 Å². The summed E-state index contributed by atoms with van der Waals surface area (Å²) in [5, 5.41) is 2.78. The highest BCUT2D eigenvalue weighted by Crippen LogP contribution is 2.35. The first-order chi connectivity index (χ1) is 19.3. The van der Waals surface area contributed by atoms with Crippen LogP contribution in [0.25, 0.3) is 11.1 Å². The molecule has 1 N–H and O–H groups in total. The van der Waals surface area contributed by atoms with E-state index in [0.717, 1.165) is 41.4 Å². The molecule has 40 heavy (non-hydrogen) atoms. The Balaban J connectivity index is 1.42. The maximum atomic E-state index is 14.1. The van der Waals surface area contributed by atoms with Gasteiger partial charge in [0.1, 0.15) is 11.8 Å². The van der Waals surface area contributed by atoms with Gasteiger partial charge in [-0.25, -0.2) is 4.98 Å². The number of rotatable bonds is 8. The molecular weight excluding hydrogens is 518 g/mol. The number of anilines is 2. The normalized spacial score (nSPS) is 16.4. The monoisotopic (exact) mass is 550 g/mol. The third kappa shape index (κ3) is 6.29. The summed E-state index contributed by atoms with van der Waals surface area (Å²) >= 11 is 0. The number of hydrogen-bond acceptors (Lipinski definition) is 7. The zero-order valence-corrected chi connectivity index (χ0v) is 22.4. The summed E-state index contributed by atoms with van der Waals surface area (Å²) < 4.78 is 45.5. The molecule has 2 fully saturated rings. The number of morpholine rings is 1. The second-order valence-electron chi connectivity index (χ2n) is 9.80. The largest absolute Gasteiger partial charge is 0.473 e. The van der Waals surface area contributed by atoms with E-state index in [1.54, 1.807) is 6.20 Å². The van der Waals surface area contributed by atoms with Crippen molar-refractivity contribution in [3.05, 3.63) is 78.3 Å². The number of carbonyl (C=O) groups excluding carboxylic acids is 1. The summed E-state index contributed by atoms with van der Waals surface area (Å²) in [7, 11) is 0. The van der Waals surface area contributed by atoms with E-state index in [9.17, 15) is 13.6 Å². The lowest BCUT2D eigenvalue weighted by atomic mass is 10.0. The van der Waals surface area contributed by atoms with E-state index in [4.69, 9.17) is 19.2 Å². The van der Waals surface area contributed by atoms with Crippen LogP contribution in [0.1, 0.15) is 34.5 Å². The van der Waals surface area contributed by atoms with Crippen LogP contribution in [0.5, 0.6) is 5.88 Å². The zero-order valence-electron chi connectivity index (χ0n) is 22.4. The van der Waals surface area contributed by atoms with Gasteiger partial charge in [0.05, 0.1) is 38.3 Å². The van der Waals surface area contributed by atoms with Gasteiger partial charge in [0.2, 0.25) is 5.88 Å². The average molecular weight is 551 g/mol. The highest BCUT2D eigenvalue weighted by atomic mass is 19.3. The quantitative estimate of drug-likeness (QED) is 0.377. The minimum absolute atomic E-state index is 0.0405. The molecule has 0 spiro atoms. The van der Waals surface area contributed by atoms with E-state index in [1.807, 2.05) is 19.1 Å². The lowest BCUT2D eigenvalue weighted by Gasteiger charge is -2.31. The van der Waals surface area contributed by atoms with Crippen molar-refractivity contribution >= 4 is 17.3 Å². The van der Waals surface area contributed by atoms with Crippen LogP contribution in [0.15, 0.2) is 61.4 Å². The highest BCUT2D eigenvalue weighted by molar-refractivity contribution is 6.04. The number of ether oxygens (including phenoxy) is 3. The van der Waals surface area contributed by atoms with Crippen LogP contribution in [0, 0.1) is 6.92 Å². The van der Waals surface area contributed by atoms with E-state index >= 15 is 0 Å². The Labute approximate surface area is 232 Å². The van der Waals surface area contributed by atoms with Crippen molar-refractivity contribution in [2.24, 2.45) is 0 Å². The Kier molecular flexibility index (Phi) is 8.37. The molecule has 0 radical (unpaired) electrons. The Morgan fingerprint density at radius 1 is 1.10 bits per heavy atom. The fraction of sp³-hybridized carbons (Fsp3) is 0.367. The van der Waals surface area contributed by atoms with Crippen LogP contribution in [-0.4, -0.2) is 61.5 Å². The Morgan fingerprint density at radius 3 is 2.60 bits per heavy atom. The molecule has 0 atom stereocenters. The SMILES string of the molecule is C=CC(F)(F)c1cccc(C(=O)Nc2cnc(C)c(-c3cnc(OC4CCOCC4)c(N4CCOCC4)c3)c2)c1. The van der Waals surface area contributed by atoms with E-state index in [1.165, 1.54) is 24.4 Å². The molecular formula is C30H32F2N4O4. The molecule has 0 unspecified atom stereocenters. The average Bonchev–Trinajstić information content (AvgIpc) is 2.99. The van der Waals surface area contributed by atoms with Crippen LogP contribution in [0.2, 0.25) is 0 Å². The second-order valence-corrected chi connectivity index (χ2v) is 9.80. The first kappa shape index (κ1) is 27.7. The van der Waals surface area contributed by atoms with Gasteiger partial charge >= 0.3 is 0 Å². The van der Waals surface area contributed by atoms with Gasteiger partial charge in [0.15, 0.2) is 0 Å². The number of carbonyl (C=O) groups is 1.